The number of carbonyl (C=O) groups excluding carboxylic acids is 2. The van der Waals surface area contributed by atoms with Crippen molar-refractivity contribution in [2.24, 2.45) is 0 Å². The van der Waals surface area contributed by atoms with Crippen LogP contribution in [0.3, 0.4) is 0 Å². The van der Waals surface area contributed by atoms with Crippen LogP contribution in [-0.4, -0.2) is 37.2 Å². The highest BCUT2D eigenvalue weighted by atomic mass is 32.2. The fourth-order valence-electron chi connectivity index (χ4n) is 3.55. The highest BCUT2D eigenvalue weighted by Gasteiger charge is 2.18. The average Bonchev–Trinajstić information content (AvgIpc) is 3.59. The number of Topliss-reactive ketones (excluding diaryl/α,β-unsaturated/α-hetero) is 1. The molecule has 3 heterocycles. The number of carbonyl (C=O) groups is 2. The Morgan fingerprint density at radius 3 is 2.44 bits per heavy atom. The molecule has 0 saturated carbocycles. The molecule has 0 aliphatic carbocycles. The summed E-state index contributed by atoms with van der Waals surface area (Å²) in [5.41, 5.74) is 2.55. The molecular formula is C27H21N5O3S. The second kappa shape index (κ2) is 10.8. The normalized spacial score (nSPS) is 10.8. The van der Waals surface area contributed by atoms with Gasteiger partial charge >= 0.3 is 0 Å². The molecule has 0 radical (unpaired) electrons. The number of furan rings is 1. The largest absolute Gasteiger partial charge is 0.467 e. The summed E-state index contributed by atoms with van der Waals surface area (Å²) < 4.78 is 7.43. The minimum absolute atomic E-state index is 0.0589. The van der Waals surface area contributed by atoms with Gasteiger partial charge in [-0.2, -0.15) is 0 Å². The van der Waals surface area contributed by atoms with Crippen LogP contribution in [-0.2, 0) is 6.54 Å². The zero-order valence-corrected chi connectivity index (χ0v) is 19.9. The van der Waals surface area contributed by atoms with Gasteiger partial charge in [-0.1, -0.05) is 30.0 Å². The Hall–Kier alpha value is -4.50. The van der Waals surface area contributed by atoms with Gasteiger partial charge in [-0.15, -0.1) is 10.2 Å². The second-order valence-electron chi connectivity index (χ2n) is 7.82. The van der Waals surface area contributed by atoms with Crippen LogP contribution in [0.5, 0.6) is 0 Å². The zero-order chi connectivity index (χ0) is 24.7. The first-order valence-corrected chi connectivity index (χ1v) is 12.1. The van der Waals surface area contributed by atoms with Crippen LogP contribution < -0.4 is 5.32 Å². The van der Waals surface area contributed by atoms with Crippen molar-refractivity contribution in [3.63, 3.8) is 0 Å². The number of rotatable bonds is 9. The maximum Gasteiger partial charge on any atom is 0.255 e. The number of hydrogen-bond donors (Lipinski definition) is 1. The summed E-state index contributed by atoms with van der Waals surface area (Å²) in [6, 6.07) is 23.3. The number of nitrogens with zero attached hydrogens (tertiary/aromatic N) is 4. The van der Waals surface area contributed by atoms with Gasteiger partial charge in [0.15, 0.2) is 16.8 Å². The number of benzene rings is 2. The molecule has 1 amide bonds. The second-order valence-corrected chi connectivity index (χ2v) is 8.77. The number of anilines is 1. The zero-order valence-electron chi connectivity index (χ0n) is 19.1. The summed E-state index contributed by atoms with van der Waals surface area (Å²) in [6.45, 7) is 0.427. The van der Waals surface area contributed by atoms with Crippen LogP contribution >= 0.6 is 11.8 Å². The lowest BCUT2D eigenvalue weighted by molar-refractivity contribution is 0.101. The molecule has 5 rings (SSSR count). The molecule has 0 saturated heterocycles. The predicted octanol–water partition coefficient (Wildman–Crippen LogP) is 5.21. The molecule has 0 spiro atoms. The fourth-order valence-corrected chi connectivity index (χ4v) is 4.38. The van der Waals surface area contributed by atoms with Crippen LogP contribution in [0, 0.1) is 0 Å². The third-order valence-electron chi connectivity index (χ3n) is 5.36. The van der Waals surface area contributed by atoms with E-state index < -0.39 is 0 Å². The Bertz CT molecular complexity index is 1450. The topological polar surface area (TPSA) is 103 Å². The van der Waals surface area contributed by atoms with Gasteiger partial charge in [0.05, 0.1) is 18.6 Å². The van der Waals surface area contributed by atoms with Crippen molar-refractivity contribution in [2.45, 2.75) is 11.7 Å². The summed E-state index contributed by atoms with van der Waals surface area (Å²) in [4.78, 5) is 29.4. The van der Waals surface area contributed by atoms with E-state index in [4.69, 9.17) is 4.42 Å². The monoisotopic (exact) mass is 495 g/mol. The maximum absolute atomic E-state index is 12.9. The SMILES string of the molecule is O=C(CSc1nnc(-c2cccnc2)n1Cc1ccco1)c1ccc(NC(=O)c2ccccc2)cc1. The molecule has 8 nitrogen and oxygen atoms in total. The van der Waals surface area contributed by atoms with E-state index in [0.29, 0.717) is 34.3 Å². The smallest absolute Gasteiger partial charge is 0.255 e. The molecule has 0 atom stereocenters. The summed E-state index contributed by atoms with van der Waals surface area (Å²) in [7, 11) is 0. The van der Waals surface area contributed by atoms with E-state index in [1.165, 1.54) is 11.8 Å². The van der Waals surface area contributed by atoms with Gasteiger partial charge in [-0.05, 0) is 60.7 Å². The molecule has 5 aromatic rings. The highest BCUT2D eigenvalue weighted by molar-refractivity contribution is 7.99. The highest BCUT2D eigenvalue weighted by Crippen LogP contribution is 2.26. The number of nitrogens with one attached hydrogen (secondary N) is 1. The van der Waals surface area contributed by atoms with E-state index in [0.717, 1.165) is 11.3 Å². The molecule has 9 heteroatoms. The third-order valence-corrected chi connectivity index (χ3v) is 6.33. The van der Waals surface area contributed by atoms with Crippen molar-refractivity contribution in [3.8, 4) is 11.4 Å². The first-order valence-electron chi connectivity index (χ1n) is 11.2. The van der Waals surface area contributed by atoms with E-state index >= 15 is 0 Å². The molecule has 0 unspecified atom stereocenters. The molecule has 0 aliphatic heterocycles. The summed E-state index contributed by atoms with van der Waals surface area (Å²) in [6.07, 6.45) is 5.04. The lowest BCUT2D eigenvalue weighted by Gasteiger charge is -2.09. The first kappa shape index (κ1) is 23.3. The van der Waals surface area contributed by atoms with Gasteiger partial charge in [0.2, 0.25) is 0 Å². The predicted molar refractivity (Wildman–Crippen MR) is 137 cm³/mol. The van der Waals surface area contributed by atoms with Crippen molar-refractivity contribution in [1.82, 2.24) is 19.7 Å². The van der Waals surface area contributed by atoms with E-state index in [2.05, 4.69) is 20.5 Å². The van der Waals surface area contributed by atoms with Crippen molar-refractivity contribution in [3.05, 3.63) is 114 Å². The standard InChI is InChI=1S/C27H21N5O3S/c33-24(19-10-12-22(13-11-19)29-26(34)20-6-2-1-3-7-20)18-36-27-31-30-25(21-8-4-14-28-16-21)32(27)17-23-9-5-15-35-23/h1-16H,17-18H2,(H,29,34). The van der Waals surface area contributed by atoms with Crippen molar-refractivity contribution in [2.75, 3.05) is 11.1 Å². The molecule has 36 heavy (non-hydrogen) atoms. The lowest BCUT2D eigenvalue weighted by atomic mass is 10.1. The van der Waals surface area contributed by atoms with E-state index in [9.17, 15) is 9.59 Å². The molecule has 2 aromatic carbocycles. The van der Waals surface area contributed by atoms with Crippen molar-refractivity contribution >= 4 is 29.1 Å². The lowest BCUT2D eigenvalue weighted by Crippen LogP contribution is -2.12. The van der Waals surface area contributed by atoms with Crippen LogP contribution in [0.2, 0.25) is 0 Å². The van der Waals surface area contributed by atoms with Crippen LogP contribution in [0.15, 0.2) is 107 Å². The number of ketones is 1. The summed E-state index contributed by atoms with van der Waals surface area (Å²) in [5.74, 6) is 1.31. The van der Waals surface area contributed by atoms with Crippen LogP contribution in [0.4, 0.5) is 5.69 Å². The minimum Gasteiger partial charge on any atom is -0.467 e. The molecule has 1 N–H and O–H groups in total. The van der Waals surface area contributed by atoms with Crippen LogP contribution in [0.25, 0.3) is 11.4 Å². The quantitative estimate of drug-likeness (QED) is 0.221. The van der Waals surface area contributed by atoms with Gasteiger partial charge in [0, 0.05) is 34.8 Å². The molecular weight excluding hydrogens is 474 g/mol. The third kappa shape index (κ3) is 5.42. The number of pyridine rings is 1. The Morgan fingerprint density at radius 1 is 0.889 bits per heavy atom. The Labute approximate surface area is 211 Å². The van der Waals surface area contributed by atoms with Crippen LogP contribution in [0.1, 0.15) is 26.5 Å². The van der Waals surface area contributed by atoms with Gasteiger partial charge < -0.3 is 9.73 Å². The summed E-state index contributed by atoms with van der Waals surface area (Å²) >= 11 is 1.31. The molecule has 3 aromatic heterocycles. The molecule has 0 bridgehead atoms. The molecule has 0 fully saturated rings. The Balaban J connectivity index is 1.27. The van der Waals surface area contributed by atoms with Crippen molar-refractivity contribution < 1.29 is 14.0 Å². The Morgan fingerprint density at radius 2 is 1.72 bits per heavy atom. The van der Waals surface area contributed by atoms with Gasteiger partial charge in [-0.25, -0.2) is 0 Å². The fraction of sp³-hybridized carbons (Fsp3) is 0.0741. The van der Waals surface area contributed by atoms with E-state index in [1.54, 1.807) is 55.1 Å². The molecule has 0 aliphatic rings. The maximum atomic E-state index is 12.9. The van der Waals surface area contributed by atoms with Gasteiger partial charge in [0.25, 0.3) is 5.91 Å². The molecule has 178 valence electrons. The Kier molecular flexibility index (Phi) is 7.00. The van der Waals surface area contributed by atoms with Gasteiger partial charge in [-0.3, -0.25) is 19.1 Å². The number of thioether (sulfide) groups is 1. The summed E-state index contributed by atoms with van der Waals surface area (Å²) in [5, 5.41) is 12.1. The minimum atomic E-state index is -0.203. The van der Waals surface area contributed by atoms with E-state index in [-0.39, 0.29) is 17.4 Å². The number of amides is 1. The van der Waals surface area contributed by atoms with Crippen molar-refractivity contribution in [1.29, 1.82) is 0 Å². The number of aromatic nitrogens is 4. The average molecular weight is 496 g/mol. The number of hydrogen-bond acceptors (Lipinski definition) is 7. The first-order chi connectivity index (χ1) is 17.7. The van der Waals surface area contributed by atoms with E-state index in [1.807, 2.05) is 47.0 Å². The van der Waals surface area contributed by atoms with Gasteiger partial charge in [0.1, 0.15) is 5.76 Å².